The lowest BCUT2D eigenvalue weighted by atomic mass is 9.96. The molecule has 1 aliphatic heterocycles. The van der Waals surface area contributed by atoms with Gasteiger partial charge in [-0.25, -0.2) is 28.3 Å². The standard InChI is InChI=1S/C27H29F4N6O7P/c1-14(2)42-22(38)15(3)36-45(40,44-18-9-8-16-6-4-5-7-17(16)10-18)41-11-26(24(28)29)23(39)27(30,31)25(43-26)37-13-35-19-20(32)33-12-34-21(19)37/h4-10,12-15,23-25,39H,11H2,1-3H3,(H,36,40)(H2,32,33,34). The number of hydrogen-bond acceptors (Lipinski definition) is 11. The number of fused-ring (bicyclic) bond motifs is 2. The average Bonchev–Trinajstić information content (AvgIpc) is 3.49. The number of carbonyl (C=O) groups excluding carboxylic acids is 1. The minimum atomic E-state index is -4.88. The van der Waals surface area contributed by atoms with Crippen molar-refractivity contribution in [2.24, 2.45) is 0 Å². The second-order valence-corrected chi connectivity index (χ2v) is 12.3. The van der Waals surface area contributed by atoms with Crippen LogP contribution in [0.25, 0.3) is 21.9 Å². The number of aromatic nitrogens is 4. The van der Waals surface area contributed by atoms with E-state index >= 15 is 8.78 Å². The van der Waals surface area contributed by atoms with Crippen molar-refractivity contribution in [3.05, 3.63) is 55.1 Å². The summed E-state index contributed by atoms with van der Waals surface area (Å²) in [5.74, 6) is -5.51. The van der Waals surface area contributed by atoms with Crippen LogP contribution in [0.5, 0.6) is 5.75 Å². The predicted octanol–water partition coefficient (Wildman–Crippen LogP) is 4.22. The molecule has 1 saturated heterocycles. The van der Waals surface area contributed by atoms with Gasteiger partial charge < -0.3 is 24.8 Å². The molecule has 1 fully saturated rings. The molecule has 4 N–H and O–H groups in total. The number of halogens is 4. The van der Waals surface area contributed by atoms with Crippen LogP contribution in [0.3, 0.4) is 0 Å². The summed E-state index contributed by atoms with van der Waals surface area (Å²) in [6.45, 7) is 2.80. The summed E-state index contributed by atoms with van der Waals surface area (Å²) < 4.78 is 96.3. The third kappa shape index (κ3) is 6.18. The lowest BCUT2D eigenvalue weighted by Crippen LogP contribution is -2.54. The third-order valence-corrected chi connectivity index (χ3v) is 8.58. The van der Waals surface area contributed by atoms with E-state index in [-0.39, 0.29) is 22.7 Å². The van der Waals surface area contributed by atoms with Crippen LogP contribution in [0.2, 0.25) is 0 Å². The van der Waals surface area contributed by atoms with Gasteiger partial charge in [-0.2, -0.15) is 13.9 Å². The Bertz CT molecular complexity index is 1760. The topological polar surface area (TPSA) is 173 Å². The lowest BCUT2D eigenvalue weighted by Gasteiger charge is -2.32. The number of hydrogen-bond donors (Lipinski definition) is 3. The van der Waals surface area contributed by atoms with Crippen molar-refractivity contribution in [3.8, 4) is 5.75 Å². The number of imidazole rings is 1. The molecule has 0 amide bonds. The molecule has 45 heavy (non-hydrogen) atoms. The van der Waals surface area contributed by atoms with Gasteiger partial charge >= 0.3 is 19.6 Å². The number of anilines is 1. The number of rotatable bonds is 11. The van der Waals surface area contributed by atoms with Crippen molar-refractivity contribution in [3.63, 3.8) is 0 Å². The summed E-state index contributed by atoms with van der Waals surface area (Å²) >= 11 is 0. The van der Waals surface area contributed by atoms with Crippen LogP contribution < -0.4 is 15.3 Å². The molecule has 0 spiro atoms. The van der Waals surface area contributed by atoms with Gasteiger partial charge in [0.15, 0.2) is 23.2 Å². The first-order valence-corrected chi connectivity index (χ1v) is 15.1. The Morgan fingerprint density at radius 2 is 1.87 bits per heavy atom. The number of nitrogens with one attached hydrogen (secondary N) is 1. The molecule has 242 valence electrons. The second kappa shape index (κ2) is 12.1. The number of benzene rings is 2. The minimum Gasteiger partial charge on any atom is -0.462 e. The fourth-order valence-electron chi connectivity index (χ4n) is 4.71. The highest BCUT2D eigenvalue weighted by Gasteiger charge is 2.71. The van der Waals surface area contributed by atoms with Crippen molar-refractivity contribution in [1.29, 1.82) is 0 Å². The number of aliphatic hydroxyl groups excluding tert-OH is 1. The van der Waals surface area contributed by atoms with Gasteiger partial charge in [-0.05, 0) is 43.7 Å². The van der Waals surface area contributed by atoms with Gasteiger partial charge in [-0.1, -0.05) is 30.3 Å². The van der Waals surface area contributed by atoms with Crippen molar-refractivity contribution in [2.45, 2.75) is 63.2 Å². The lowest BCUT2D eigenvalue weighted by molar-refractivity contribution is -0.191. The van der Waals surface area contributed by atoms with Gasteiger partial charge in [-0.15, -0.1) is 0 Å². The monoisotopic (exact) mass is 656 g/mol. The van der Waals surface area contributed by atoms with Crippen molar-refractivity contribution >= 4 is 41.5 Å². The van der Waals surface area contributed by atoms with E-state index in [1.54, 1.807) is 44.2 Å². The summed E-state index contributed by atoms with van der Waals surface area (Å²) in [7, 11) is -4.88. The maximum atomic E-state index is 15.5. The summed E-state index contributed by atoms with van der Waals surface area (Å²) in [4.78, 5) is 23.9. The molecule has 18 heteroatoms. The fourth-order valence-corrected chi connectivity index (χ4v) is 6.23. The molecule has 13 nitrogen and oxygen atoms in total. The Labute approximate surface area is 253 Å². The molecule has 3 heterocycles. The van der Waals surface area contributed by atoms with Crippen molar-refractivity contribution in [1.82, 2.24) is 24.6 Å². The Balaban J connectivity index is 1.48. The van der Waals surface area contributed by atoms with Crippen LogP contribution in [-0.2, 0) is 23.4 Å². The van der Waals surface area contributed by atoms with Crippen LogP contribution in [0, 0.1) is 0 Å². The van der Waals surface area contributed by atoms with E-state index in [9.17, 15) is 23.2 Å². The van der Waals surface area contributed by atoms with Crippen LogP contribution in [-0.4, -0.2) is 73.4 Å². The zero-order valence-electron chi connectivity index (χ0n) is 24.0. The van der Waals surface area contributed by atoms with E-state index < -0.39 is 62.7 Å². The highest BCUT2D eigenvalue weighted by molar-refractivity contribution is 7.52. The van der Waals surface area contributed by atoms with Gasteiger partial charge in [0.05, 0.1) is 19.0 Å². The first kappa shape index (κ1) is 32.5. The molecule has 4 aromatic rings. The normalized spacial score (nSPS) is 23.4. The third-order valence-electron chi connectivity index (χ3n) is 6.96. The second-order valence-electron chi connectivity index (χ2n) is 10.6. The molecule has 1 aliphatic rings. The van der Waals surface area contributed by atoms with Gasteiger partial charge in [-0.3, -0.25) is 13.9 Å². The number of esters is 1. The molecule has 5 rings (SSSR count). The first-order valence-electron chi connectivity index (χ1n) is 13.5. The minimum absolute atomic E-state index is 0.0710. The van der Waals surface area contributed by atoms with Crippen molar-refractivity contribution in [2.75, 3.05) is 12.3 Å². The Morgan fingerprint density at radius 1 is 1.16 bits per heavy atom. The SMILES string of the molecule is CC(C)OC(=O)C(C)NP(=O)(OCC1(C(F)F)OC(n2cnc3c(N)ncnc32)C(F)(F)C1O)Oc1ccc2ccccc2c1. The number of nitrogen functional groups attached to an aromatic ring is 1. The number of alkyl halides is 4. The van der Waals surface area contributed by atoms with Crippen molar-refractivity contribution < 1.29 is 50.5 Å². The largest absolute Gasteiger partial charge is 0.462 e. The summed E-state index contributed by atoms with van der Waals surface area (Å²) in [6.07, 6.45) is -8.37. The summed E-state index contributed by atoms with van der Waals surface area (Å²) in [6, 6.07) is 10.1. The Kier molecular flexibility index (Phi) is 8.76. The van der Waals surface area contributed by atoms with Gasteiger partial charge in [0.2, 0.25) is 6.23 Å². The van der Waals surface area contributed by atoms with Gasteiger partial charge in [0.1, 0.15) is 23.6 Å². The maximum Gasteiger partial charge on any atom is 0.459 e. The first-order chi connectivity index (χ1) is 21.2. The maximum absolute atomic E-state index is 15.5. The Hall–Kier alpha value is -3.89. The molecule has 5 atom stereocenters. The molecular weight excluding hydrogens is 627 g/mol. The van der Waals surface area contributed by atoms with E-state index in [1.165, 1.54) is 19.1 Å². The number of carbonyl (C=O) groups is 1. The number of nitrogens with two attached hydrogens (primary N) is 1. The molecule has 5 unspecified atom stereocenters. The zero-order chi connectivity index (χ0) is 32.7. The highest BCUT2D eigenvalue weighted by atomic mass is 31.2. The predicted molar refractivity (Wildman–Crippen MR) is 152 cm³/mol. The van der Waals surface area contributed by atoms with E-state index in [0.29, 0.717) is 9.95 Å². The molecular formula is C27H29F4N6O7P. The molecule has 0 saturated carbocycles. The van der Waals surface area contributed by atoms with Gasteiger partial charge in [0, 0.05) is 0 Å². The van der Waals surface area contributed by atoms with E-state index in [4.69, 9.17) is 24.3 Å². The van der Waals surface area contributed by atoms with Crippen LogP contribution in [0.15, 0.2) is 55.1 Å². The van der Waals surface area contributed by atoms with E-state index in [0.717, 1.165) is 18.0 Å². The molecule has 0 radical (unpaired) electrons. The van der Waals surface area contributed by atoms with E-state index in [1.807, 2.05) is 0 Å². The number of ether oxygens (including phenoxy) is 2. The highest BCUT2D eigenvalue weighted by Crippen LogP contribution is 2.54. The average molecular weight is 657 g/mol. The quantitative estimate of drug-likeness (QED) is 0.119. The Morgan fingerprint density at radius 3 is 2.56 bits per heavy atom. The zero-order valence-corrected chi connectivity index (χ0v) is 24.9. The fraction of sp³-hybridized carbons (Fsp3) is 0.407. The summed E-state index contributed by atoms with van der Waals surface area (Å²) in [5, 5.41) is 14.4. The smallest absolute Gasteiger partial charge is 0.459 e. The molecule has 0 aliphatic carbocycles. The molecule has 2 aromatic carbocycles. The van der Waals surface area contributed by atoms with Gasteiger partial charge in [0.25, 0.3) is 6.43 Å². The molecule has 2 aromatic heterocycles. The van der Waals surface area contributed by atoms with E-state index in [2.05, 4.69) is 20.0 Å². The number of nitrogens with zero attached hydrogens (tertiary/aromatic N) is 4. The van der Waals surface area contributed by atoms with Crippen LogP contribution in [0.1, 0.15) is 27.0 Å². The summed E-state index contributed by atoms with van der Waals surface area (Å²) in [5.41, 5.74) is 1.87. The van der Waals surface area contributed by atoms with Crippen LogP contribution in [0.4, 0.5) is 23.4 Å². The number of aliphatic hydroxyl groups is 1. The molecule has 0 bridgehead atoms. The van der Waals surface area contributed by atoms with Crippen LogP contribution >= 0.6 is 7.75 Å².